The van der Waals surface area contributed by atoms with Crippen molar-refractivity contribution in [3.63, 3.8) is 0 Å². The predicted molar refractivity (Wildman–Crippen MR) is 131 cm³/mol. The van der Waals surface area contributed by atoms with Crippen molar-refractivity contribution in [2.24, 2.45) is 5.92 Å². The molecule has 176 valence electrons. The van der Waals surface area contributed by atoms with Crippen LogP contribution in [0.4, 0.5) is 0 Å². The molecule has 5 nitrogen and oxygen atoms in total. The van der Waals surface area contributed by atoms with E-state index in [1.165, 1.54) is 5.56 Å². The Balaban J connectivity index is 1.23. The van der Waals surface area contributed by atoms with E-state index < -0.39 is 0 Å². The minimum atomic E-state index is -0.00568. The van der Waals surface area contributed by atoms with Gasteiger partial charge in [0.25, 0.3) is 5.91 Å². The molecule has 0 saturated carbocycles. The van der Waals surface area contributed by atoms with Gasteiger partial charge < -0.3 is 14.5 Å². The minimum absolute atomic E-state index is 0.00568. The van der Waals surface area contributed by atoms with Gasteiger partial charge in [-0.2, -0.15) is 0 Å². The molecule has 2 aromatic carbocycles. The SMILES string of the molecule is CCC(=O)C1CCCN(C(=O)c2ccc(OC3CCN(CCc4ccccc4)CC3)cc2)C1. The molecule has 0 bridgehead atoms. The van der Waals surface area contributed by atoms with Crippen molar-refractivity contribution in [1.29, 1.82) is 0 Å². The van der Waals surface area contributed by atoms with Gasteiger partial charge in [-0.1, -0.05) is 37.3 Å². The first-order chi connectivity index (χ1) is 16.1. The van der Waals surface area contributed by atoms with E-state index in [1.807, 2.05) is 36.1 Å². The number of nitrogens with zero attached hydrogens (tertiary/aromatic N) is 2. The second-order valence-electron chi connectivity index (χ2n) is 9.33. The number of benzene rings is 2. The Kier molecular flexibility index (Phi) is 8.16. The summed E-state index contributed by atoms with van der Waals surface area (Å²) in [7, 11) is 0. The number of amides is 1. The molecule has 2 aliphatic rings. The lowest BCUT2D eigenvalue weighted by Gasteiger charge is -2.32. The number of hydrogen-bond acceptors (Lipinski definition) is 4. The first-order valence-electron chi connectivity index (χ1n) is 12.5. The Morgan fingerprint density at radius 1 is 0.939 bits per heavy atom. The lowest BCUT2D eigenvalue weighted by atomic mass is 9.92. The van der Waals surface area contributed by atoms with E-state index in [1.54, 1.807) is 0 Å². The van der Waals surface area contributed by atoms with Crippen LogP contribution in [-0.2, 0) is 11.2 Å². The lowest BCUT2D eigenvalue weighted by Crippen LogP contribution is -2.42. The van der Waals surface area contributed by atoms with Gasteiger partial charge in [-0.15, -0.1) is 0 Å². The molecule has 5 heteroatoms. The molecule has 2 saturated heterocycles. The number of carbonyl (C=O) groups excluding carboxylic acids is 2. The molecule has 2 aliphatic heterocycles. The van der Waals surface area contributed by atoms with Gasteiger partial charge in [0.2, 0.25) is 0 Å². The van der Waals surface area contributed by atoms with Crippen LogP contribution >= 0.6 is 0 Å². The molecule has 0 spiro atoms. The van der Waals surface area contributed by atoms with Crippen LogP contribution in [0.15, 0.2) is 54.6 Å². The second-order valence-corrected chi connectivity index (χ2v) is 9.33. The van der Waals surface area contributed by atoms with Crippen LogP contribution < -0.4 is 4.74 Å². The highest BCUT2D eigenvalue weighted by molar-refractivity contribution is 5.95. The standard InChI is InChI=1S/C28H36N2O3/c1-2-27(31)24-9-6-17-30(21-24)28(32)23-10-12-25(13-11-23)33-26-15-19-29(20-16-26)18-14-22-7-4-3-5-8-22/h3-5,7-8,10-13,24,26H,2,6,9,14-21H2,1H3. The third-order valence-electron chi connectivity index (χ3n) is 7.01. The number of hydrogen-bond donors (Lipinski definition) is 0. The molecule has 1 amide bonds. The zero-order valence-corrected chi connectivity index (χ0v) is 19.7. The highest BCUT2D eigenvalue weighted by Gasteiger charge is 2.28. The summed E-state index contributed by atoms with van der Waals surface area (Å²) in [6.07, 6.45) is 5.70. The maximum atomic E-state index is 12.9. The first-order valence-corrected chi connectivity index (χ1v) is 12.5. The lowest BCUT2D eigenvalue weighted by molar-refractivity contribution is -0.123. The van der Waals surface area contributed by atoms with E-state index >= 15 is 0 Å². The zero-order chi connectivity index (χ0) is 23.0. The van der Waals surface area contributed by atoms with E-state index in [4.69, 9.17) is 4.74 Å². The molecule has 2 heterocycles. The predicted octanol–water partition coefficient (Wildman–Crippen LogP) is 4.60. The number of likely N-dealkylation sites (tertiary alicyclic amines) is 2. The highest BCUT2D eigenvalue weighted by Crippen LogP contribution is 2.23. The number of piperidine rings is 2. The minimum Gasteiger partial charge on any atom is -0.490 e. The molecule has 2 aromatic rings. The van der Waals surface area contributed by atoms with Crippen LogP contribution in [-0.4, -0.2) is 60.3 Å². The van der Waals surface area contributed by atoms with Crippen LogP contribution in [0, 0.1) is 5.92 Å². The fourth-order valence-electron chi connectivity index (χ4n) is 4.95. The van der Waals surface area contributed by atoms with E-state index in [0.717, 1.165) is 64.0 Å². The third kappa shape index (κ3) is 6.44. The number of Topliss-reactive ketones (excluding diaryl/α,β-unsaturated/α-hetero) is 1. The van der Waals surface area contributed by atoms with Gasteiger partial charge in [0.1, 0.15) is 17.6 Å². The molecule has 0 N–H and O–H groups in total. The number of ether oxygens (including phenoxy) is 1. The smallest absolute Gasteiger partial charge is 0.253 e. The average molecular weight is 449 g/mol. The van der Waals surface area contributed by atoms with Gasteiger partial charge >= 0.3 is 0 Å². The summed E-state index contributed by atoms with van der Waals surface area (Å²) in [5, 5.41) is 0. The van der Waals surface area contributed by atoms with Gasteiger partial charge in [-0.25, -0.2) is 0 Å². The van der Waals surface area contributed by atoms with E-state index in [0.29, 0.717) is 18.5 Å². The Morgan fingerprint density at radius 3 is 2.36 bits per heavy atom. The summed E-state index contributed by atoms with van der Waals surface area (Å²) < 4.78 is 6.21. The Hall–Kier alpha value is -2.66. The summed E-state index contributed by atoms with van der Waals surface area (Å²) in [5.74, 6) is 1.10. The van der Waals surface area contributed by atoms with Crippen LogP contribution in [0.5, 0.6) is 5.75 Å². The Bertz CT molecular complexity index is 904. The molecular formula is C28H36N2O3. The van der Waals surface area contributed by atoms with Crippen molar-refractivity contribution in [3.05, 3.63) is 65.7 Å². The topological polar surface area (TPSA) is 49.9 Å². The Morgan fingerprint density at radius 2 is 1.67 bits per heavy atom. The van der Waals surface area contributed by atoms with Crippen LogP contribution in [0.1, 0.15) is 54.9 Å². The second kappa shape index (κ2) is 11.5. The van der Waals surface area contributed by atoms with Crippen LogP contribution in [0.3, 0.4) is 0 Å². The third-order valence-corrected chi connectivity index (χ3v) is 7.01. The number of ketones is 1. The Labute approximate surface area is 197 Å². The van der Waals surface area contributed by atoms with E-state index in [9.17, 15) is 9.59 Å². The van der Waals surface area contributed by atoms with Crippen molar-refractivity contribution in [2.75, 3.05) is 32.7 Å². The summed E-state index contributed by atoms with van der Waals surface area (Å²) in [6, 6.07) is 18.2. The van der Waals surface area contributed by atoms with Gasteiger partial charge in [-0.05, 0) is 61.9 Å². The maximum absolute atomic E-state index is 12.9. The largest absolute Gasteiger partial charge is 0.490 e. The van der Waals surface area contributed by atoms with Crippen LogP contribution in [0.2, 0.25) is 0 Å². The molecule has 1 atom stereocenters. The van der Waals surface area contributed by atoms with E-state index in [2.05, 4.69) is 35.2 Å². The van der Waals surface area contributed by atoms with Gasteiger partial charge in [0.15, 0.2) is 0 Å². The number of rotatable bonds is 8. The molecule has 2 fully saturated rings. The highest BCUT2D eigenvalue weighted by atomic mass is 16.5. The van der Waals surface area contributed by atoms with Crippen molar-refractivity contribution in [2.45, 2.75) is 51.6 Å². The summed E-state index contributed by atoms with van der Waals surface area (Å²) in [5.41, 5.74) is 2.06. The maximum Gasteiger partial charge on any atom is 0.253 e. The van der Waals surface area contributed by atoms with Crippen molar-refractivity contribution in [1.82, 2.24) is 9.80 Å². The van der Waals surface area contributed by atoms with Crippen LogP contribution in [0.25, 0.3) is 0 Å². The summed E-state index contributed by atoms with van der Waals surface area (Å²) in [6.45, 7) is 6.38. The van der Waals surface area contributed by atoms with E-state index in [-0.39, 0.29) is 23.7 Å². The van der Waals surface area contributed by atoms with Gasteiger partial charge in [-0.3, -0.25) is 9.59 Å². The van der Waals surface area contributed by atoms with Crippen molar-refractivity contribution in [3.8, 4) is 5.75 Å². The molecule has 0 aliphatic carbocycles. The van der Waals surface area contributed by atoms with Gasteiger partial charge in [0, 0.05) is 50.6 Å². The van der Waals surface area contributed by atoms with Gasteiger partial charge in [0.05, 0.1) is 0 Å². The molecule has 33 heavy (non-hydrogen) atoms. The van der Waals surface area contributed by atoms with Crippen molar-refractivity contribution >= 4 is 11.7 Å². The quantitative estimate of drug-likeness (QED) is 0.592. The first kappa shape index (κ1) is 23.5. The van der Waals surface area contributed by atoms with Crippen molar-refractivity contribution < 1.29 is 14.3 Å². The molecule has 1 unspecified atom stereocenters. The fourth-order valence-corrected chi connectivity index (χ4v) is 4.95. The molecule has 0 radical (unpaired) electrons. The summed E-state index contributed by atoms with van der Waals surface area (Å²) >= 11 is 0. The summed E-state index contributed by atoms with van der Waals surface area (Å²) in [4.78, 5) is 29.3. The fraction of sp³-hybridized carbons (Fsp3) is 0.500. The molecule has 4 rings (SSSR count). The number of carbonyl (C=O) groups is 2. The molecular weight excluding hydrogens is 412 g/mol. The average Bonchev–Trinajstić information content (AvgIpc) is 2.88. The monoisotopic (exact) mass is 448 g/mol. The zero-order valence-electron chi connectivity index (χ0n) is 19.7. The normalized spacial score (nSPS) is 19.9. The molecule has 0 aromatic heterocycles.